The lowest BCUT2D eigenvalue weighted by atomic mass is 10.2. The Morgan fingerprint density at radius 1 is 1.33 bits per heavy atom. The molecule has 3 N–H and O–H groups in total. The molecule has 142 valence electrons. The first-order chi connectivity index (χ1) is 12.9. The van der Waals surface area contributed by atoms with Crippen LogP contribution in [-0.2, 0) is 0 Å². The molecule has 27 heavy (non-hydrogen) atoms. The maximum absolute atomic E-state index is 12.5. The summed E-state index contributed by atoms with van der Waals surface area (Å²) in [5.41, 5.74) is 8.87. The van der Waals surface area contributed by atoms with Crippen LogP contribution >= 0.6 is 28.1 Å². The SMILES string of the molecule is CCOc1cc(C=NNC(N)=S)cc(Br)c1OC(=O)c1ccc(OC)cc1. The molecule has 9 heteroatoms. The van der Waals surface area contributed by atoms with E-state index in [0.717, 1.165) is 0 Å². The monoisotopic (exact) mass is 451 g/mol. The molecule has 0 aliphatic heterocycles. The molecule has 0 unspecified atom stereocenters. The predicted molar refractivity (Wildman–Crippen MR) is 111 cm³/mol. The van der Waals surface area contributed by atoms with E-state index in [4.69, 9.17) is 19.9 Å². The average Bonchev–Trinajstić information content (AvgIpc) is 2.64. The van der Waals surface area contributed by atoms with E-state index in [1.165, 1.54) is 6.21 Å². The Balaban J connectivity index is 2.27. The number of esters is 1. The number of thiocarbonyl (C=S) groups is 1. The standard InChI is InChI=1S/C18H18BrN3O4S/c1-3-25-15-9-11(10-21-22-18(20)27)8-14(19)16(15)26-17(23)12-4-6-13(24-2)7-5-12/h4-10H,3H2,1-2H3,(H3,20,22,27). The summed E-state index contributed by atoms with van der Waals surface area (Å²) in [5, 5.41) is 3.96. The highest BCUT2D eigenvalue weighted by Gasteiger charge is 2.17. The van der Waals surface area contributed by atoms with E-state index in [1.54, 1.807) is 43.5 Å². The van der Waals surface area contributed by atoms with E-state index in [1.807, 2.05) is 6.92 Å². The number of rotatable bonds is 7. The van der Waals surface area contributed by atoms with Crippen molar-refractivity contribution in [2.75, 3.05) is 13.7 Å². The summed E-state index contributed by atoms with van der Waals surface area (Å²) in [6, 6.07) is 10.0. The zero-order valence-electron chi connectivity index (χ0n) is 14.7. The van der Waals surface area contributed by atoms with Crippen LogP contribution in [0, 0.1) is 0 Å². The third-order valence-corrected chi connectivity index (χ3v) is 3.92. The molecule has 0 atom stereocenters. The molecule has 7 nitrogen and oxygen atoms in total. The van der Waals surface area contributed by atoms with Gasteiger partial charge in [-0.1, -0.05) is 0 Å². The maximum Gasteiger partial charge on any atom is 0.343 e. The number of nitrogens with zero attached hydrogens (tertiary/aromatic N) is 1. The van der Waals surface area contributed by atoms with Crippen molar-refractivity contribution >= 4 is 45.4 Å². The number of hydrazone groups is 1. The maximum atomic E-state index is 12.5. The molecule has 0 aromatic heterocycles. The molecule has 0 fully saturated rings. The molecule has 2 rings (SSSR count). The minimum atomic E-state index is -0.518. The van der Waals surface area contributed by atoms with E-state index in [-0.39, 0.29) is 10.9 Å². The Morgan fingerprint density at radius 2 is 2.04 bits per heavy atom. The molecule has 2 aromatic rings. The molecule has 0 amide bonds. The smallest absolute Gasteiger partial charge is 0.343 e. The van der Waals surface area contributed by atoms with Gasteiger partial charge in [-0.15, -0.1) is 0 Å². The van der Waals surface area contributed by atoms with Crippen LogP contribution < -0.4 is 25.4 Å². The van der Waals surface area contributed by atoms with Crippen LogP contribution in [0.4, 0.5) is 0 Å². The predicted octanol–water partition coefficient (Wildman–Crippen LogP) is 3.24. The van der Waals surface area contributed by atoms with Gasteiger partial charge in [-0.25, -0.2) is 4.79 Å². The molecule has 2 aromatic carbocycles. The van der Waals surface area contributed by atoms with Crippen molar-refractivity contribution < 1.29 is 19.0 Å². The molecule has 0 saturated heterocycles. The first kappa shape index (κ1) is 20.7. The van der Waals surface area contributed by atoms with Gasteiger partial charge < -0.3 is 19.9 Å². The fourth-order valence-electron chi connectivity index (χ4n) is 2.07. The normalized spacial score (nSPS) is 10.5. The lowest BCUT2D eigenvalue weighted by Gasteiger charge is -2.13. The Morgan fingerprint density at radius 3 is 2.63 bits per heavy atom. The van der Waals surface area contributed by atoms with Crippen LogP contribution in [0.25, 0.3) is 0 Å². The van der Waals surface area contributed by atoms with E-state index in [2.05, 4.69) is 38.7 Å². The van der Waals surface area contributed by atoms with Crippen LogP contribution in [0.2, 0.25) is 0 Å². The molecule has 0 bridgehead atoms. The second-order valence-electron chi connectivity index (χ2n) is 5.12. The lowest BCUT2D eigenvalue weighted by Crippen LogP contribution is -2.24. The number of ether oxygens (including phenoxy) is 3. The number of hydrogen-bond acceptors (Lipinski definition) is 6. The molecule has 0 saturated carbocycles. The van der Waals surface area contributed by atoms with Crippen molar-refractivity contribution in [1.82, 2.24) is 5.43 Å². The van der Waals surface area contributed by atoms with Gasteiger partial charge >= 0.3 is 5.97 Å². The molecule has 0 spiro atoms. The summed E-state index contributed by atoms with van der Waals surface area (Å²) >= 11 is 8.09. The van der Waals surface area contributed by atoms with Crippen LogP contribution in [0.3, 0.4) is 0 Å². The quantitative estimate of drug-likeness (QED) is 0.219. The molecule has 0 aliphatic rings. The molecular formula is C18H18BrN3O4S. The third-order valence-electron chi connectivity index (χ3n) is 3.24. The second kappa shape index (κ2) is 9.89. The third kappa shape index (κ3) is 5.93. The van der Waals surface area contributed by atoms with E-state index in [0.29, 0.717) is 33.7 Å². The minimum Gasteiger partial charge on any atom is -0.497 e. The number of methoxy groups -OCH3 is 1. The number of benzene rings is 2. The summed E-state index contributed by atoms with van der Waals surface area (Å²) < 4.78 is 16.8. The summed E-state index contributed by atoms with van der Waals surface area (Å²) in [6.45, 7) is 2.23. The fraction of sp³-hybridized carbons (Fsp3) is 0.167. The van der Waals surface area contributed by atoms with Gasteiger partial charge in [0.25, 0.3) is 0 Å². The van der Waals surface area contributed by atoms with Crippen molar-refractivity contribution in [3.05, 3.63) is 52.0 Å². The Labute approximate surface area is 170 Å². The van der Waals surface area contributed by atoms with Gasteiger partial charge in [0.15, 0.2) is 16.6 Å². The van der Waals surface area contributed by atoms with Crippen LogP contribution in [-0.4, -0.2) is 31.0 Å². The molecular weight excluding hydrogens is 434 g/mol. The van der Waals surface area contributed by atoms with Gasteiger partial charge in [0.2, 0.25) is 0 Å². The lowest BCUT2D eigenvalue weighted by molar-refractivity contribution is 0.0727. The Bertz CT molecular complexity index is 856. The number of nitrogens with two attached hydrogens (primary N) is 1. The van der Waals surface area contributed by atoms with Gasteiger partial charge in [-0.05, 0) is 77.0 Å². The number of hydrogen-bond donors (Lipinski definition) is 2. The minimum absolute atomic E-state index is 0.0559. The van der Waals surface area contributed by atoms with E-state index < -0.39 is 5.97 Å². The molecule has 0 heterocycles. The largest absolute Gasteiger partial charge is 0.497 e. The first-order valence-corrected chi connectivity index (χ1v) is 9.05. The van der Waals surface area contributed by atoms with E-state index >= 15 is 0 Å². The van der Waals surface area contributed by atoms with E-state index in [9.17, 15) is 4.79 Å². The second-order valence-corrected chi connectivity index (χ2v) is 6.41. The number of nitrogens with one attached hydrogen (secondary N) is 1. The summed E-state index contributed by atoms with van der Waals surface area (Å²) in [7, 11) is 1.56. The number of carbonyl (C=O) groups is 1. The highest BCUT2D eigenvalue weighted by molar-refractivity contribution is 9.10. The zero-order valence-corrected chi connectivity index (χ0v) is 17.1. The van der Waals surface area contributed by atoms with Gasteiger partial charge in [0.05, 0.1) is 30.0 Å². The zero-order chi connectivity index (χ0) is 19.8. The van der Waals surface area contributed by atoms with Gasteiger partial charge in [0, 0.05) is 0 Å². The molecule has 0 aliphatic carbocycles. The number of carbonyl (C=O) groups excluding carboxylic acids is 1. The first-order valence-electron chi connectivity index (χ1n) is 7.85. The summed E-state index contributed by atoms with van der Waals surface area (Å²) in [5.74, 6) is 0.801. The van der Waals surface area contributed by atoms with Gasteiger partial charge in [0.1, 0.15) is 5.75 Å². The highest BCUT2D eigenvalue weighted by Crippen LogP contribution is 2.37. The molecule has 0 radical (unpaired) electrons. The Kier molecular flexibility index (Phi) is 7.56. The average molecular weight is 452 g/mol. The topological polar surface area (TPSA) is 95.2 Å². The van der Waals surface area contributed by atoms with Crippen molar-refractivity contribution in [1.29, 1.82) is 0 Å². The number of halogens is 1. The van der Waals surface area contributed by atoms with Crippen LogP contribution in [0.5, 0.6) is 17.2 Å². The van der Waals surface area contributed by atoms with Crippen molar-refractivity contribution in [2.45, 2.75) is 6.92 Å². The van der Waals surface area contributed by atoms with Crippen molar-refractivity contribution in [2.24, 2.45) is 10.8 Å². The van der Waals surface area contributed by atoms with Gasteiger partial charge in [-0.3, -0.25) is 5.43 Å². The fourth-order valence-corrected chi connectivity index (χ4v) is 2.67. The van der Waals surface area contributed by atoms with Crippen LogP contribution in [0.1, 0.15) is 22.8 Å². The Hall–Kier alpha value is -2.65. The van der Waals surface area contributed by atoms with Crippen molar-refractivity contribution in [3.8, 4) is 17.2 Å². The van der Waals surface area contributed by atoms with Crippen LogP contribution in [0.15, 0.2) is 46.0 Å². The summed E-state index contributed by atoms with van der Waals surface area (Å²) in [6.07, 6.45) is 1.52. The van der Waals surface area contributed by atoms with Crippen molar-refractivity contribution in [3.63, 3.8) is 0 Å². The highest BCUT2D eigenvalue weighted by atomic mass is 79.9. The summed E-state index contributed by atoms with van der Waals surface area (Å²) in [4.78, 5) is 12.5. The van der Waals surface area contributed by atoms with Gasteiger partial charge in [-0.2, -0.15) is 5.10 Å².